The van der Waals surface area contributed by atoms with Gasteiger partial charge in [-0.05, 0) is 27.7 Å². The SMILES string of the molecule is CC1(C)CC(OC(=O)CCC(=O)O)CC(C)(C)N1. The third kappa shape index (κ3) is 5.04. The molecule has 0 aromatic rings. The van der Waals surface area contributed by atoms with Crippen molar-refractivity contribution in [3.63, 3.8) is 0 Å². The topological polar surface area (TPSA) is 75.6 Å². The van der Waals surface area contributed by atoms with Gasteiger partial charge in [0.1, 0.15) is 6.10 Å². The first-order chi connectivity index (χ1) is 8.10. The van der Waals surface area contributed by atoms with Crippen LogP contribution in [0.25, 0.3) is 0 Å². The van der Waals surface area contributed by atoms with Crippen LogP contribution in [-0.2, 0) is 14.3 Å². The summed E-state index contributed by atoms with van der Waals surface area (Å²) in [5.41, 5.74) is -0.168. The maximum Gasteiger partial charge on any atom is 0.306 e. The van der Waals surface area contributed by atoms with Crippen molar-refractivity contribution in [2.45, 2.75) is 70.6 Å². The first kappa shape index (κ1) is 15.0. The number of carboxylic acids is 1. The van der Waals surface area contributed by atoms with Crippen LogP contribution < -0.4 is 5.32 Å². The molecular formula is C13H23NO4. The van der Waals surface area contributed by atoms with E-state index in [2.05, 4.69) is 33.0 Å². The van der Waals surface area contributed by atoms with Gasteiger partial charge in [0, 0.05) is 23.9 Å². The third-order valence-corrected chi connectivity index (χ3v) is 2.99. The van der Waals surface area contributed by atoms with E-state index in [0.717, 1.165) is 12.8 Å². The summed E-state index contributed by atoms with van der Waals surface area (Å²) in [5, 5.41) is 12.0. The van der Waals surface area contributed by atoms with Crippen LogP contribution in [-0.4, -0.2) is 34.2 Å². The van der Waals surface area contributed by atoms with Crippen LogP contribution in [0.4, 0.5) is 0 Å². The van der Waals surface area contributed by atoms with Crippen molar-refractivity contribution in [1.29, 1.82) is 0 Å². The van der Waals surface area contributed by atoms with E-state index in [1.807, 2.05) is 0 Å². The summed E-state index contributed by atoms with van der Waals surface area (Å²) in [4.78, 5) is 21.9. The molecule has 0 radical (unpaired) electrons. The number of esters is 1. The number of piperidine rings is 1. The Labute approximate surface area is 108 Å². The van der Waals surface area contributed by atoms with Crippen LogP contribution in [0.5, 0.6) is 0 Å². The zero-order valence-electron chi connectivity index (χ0n) is 11.6. The number of carboxylic acid groups (broad SMARTS) is 1. The molecule has 1 heterocycles. The minimum absolute atomic E-state index is 0.0554. The number of carbonyl (C=O) groups excluding carboxylic acids is 1. The molecule has 1 aliphatic rings. The fourth-order valence-corrected chi connectivity index (χ4v) is 2.77. The molecule has 1 rings (SSSR count). The lowest BCUT2D eigenvalue weighted by molar-refractivity contribution is -0.155. The lowest BCUT2D eigenvalue weighted by atomic mass is 9.81. The number of carbonyl (C=O) groups is 2. The van der Waals surface area contributed by atoms with Crippen LogP contribution in [0.15, 0.2) is 0 Å². The molecule has 0 spiro atoms. The predicted molar refractivity (Wildman–Crippen MR) is 67.3 cm³/mol. The van der Waals surface area contributed by atoms with Gasteiger partial charge in [0.15, 0.2) is 0 Å². The Balaban J connectivity index is 2.51. The molecule has 0 bridgehead atoms. The van der Waals surface area contributed by atoms with Gasteiger partial charge in [0.25, 0.3) is 0 Å². The Morgan fingerprint density at radius 3 is 2.11 bits per heavy atom. The summed E-state index contributed by atoms with van der Waals surface area (Å²) in [6.07, 6.45) is 1.12. The molecule has 0 unspecified atom stereocenters. The molecule has 2 N–H and O–H groups in total. The number of ether oxygens (including phenoxy) is 1. The Morgan fingerprint density at radius 1 is 1.17 bits per heavy atom. The molecule has 5 nitrogen and oxygen atoms in total. The lowest BCUT2D eigenvalue weighted by Gasteiger charge is -2.45. The number of nitrogens with one attached hydrogen (secondary N) is 1. The smallest absolute Gasteiger partial charge is 0.306 e. The fraction of sp³-hybridized carbons (Fsp3) is 0.846. The molecule has 1 aliphatic heterocycles. The van der Waals surface area contributed by atoms with E-state index in [1.54, 1.807) is 0 Å². The van der Waals surface area contributed by atoms with Gasteiger partial charge in [-0.15, -0.1) is 0 Å². The molecule has 0 atom stereocenters. The van der Waals surface area contributed by atoms with Crippen molar-refractivity contribution >= 4 is 11.9 Å². The summed E-state index contributed by atoms with van der Waals surface area (Å²) in [7, 11) is 0. The Hall–Kier alpha value is -1.10. The molecule has 5 heteroatoms. The van der Waals surface area contributed by atoms with Gasteiger partial charge in [-0.2, -0.15) is 0 Å². The number of hydrogen-bond acceptors (Lipinski definition) is 4. The first-order valence-electron chi connectivity index (χ1n) is 6.30. The summed E-state index contributed by atoms with van der Waals surface area (Å²) in [5.74, 6) is -1.39. The van der Waals surface area contributed by atoms with Gasteiger partial charge >= 0.3 is 11.9 Å². The normalized spacial score (nSPS) is 22.4. The highest BCUT2D eigenvalue weighted by molar-refractivity contribution is 5.76. The Kier molecular flexibility index (Phi) is 4.37. The zero-order chi connectivity index (χ0) is 14.0. The average Bonchev–Trinajstić information content (AvgIpc) is 2.09. The molecular weight excluding hydrogens is 234 g/mol. The second-order valence-electron chi connectivity index (χ2n) is 6.31. The molecule has 1 fully saturated rings. The second-order valence-corrected chi connectivity index (χ2v) is 6.31. The number of hydrogen-bond donors (Lipinski definition) is 2. The standard InChI is InChI=1S/C13H23NO4/c1-12(2)7-9(8-13(3,4)14-12)18-11(17)6-5-10(15)16/h9,14H,5-8H2,1-4H3,(H,15,16). The van der Waals surface area contributed by atoms with Crippen LogP contribution in [0.2, 0.25) is 0 Å². The quantitative estimate of drug-likeness (QED) is 0.750. The lowest BCUT2D eigenvalue weighted by Crippen LogP contribution is -2.59. The third-order valence-electron chi connectivity index (χ3n) is 2.99. The maximum atomic E-state index is 11.5. The highest BCUT2D eigenvalue weighted by Gasteiger charge is 2.39. The molecule has 0 aliphatic carbocycles. The van der Waals surface area contributed by atoms with Crippen molar-refractivity contribution in [2.24, 2.45) is 0 Å². The highest BCUT2D eigenvalue weighted by atomic mass is 16.5. The van der Waals surface area contributed by atoms with Gasteiger partial charge < -0.3 is 15.2 Å². The van der Waals surface area contributed by atoms with E-state index < -0.39 is 11.9 Å². The fourth-order valence-electron chi connectivity index (χ4n) is 2.77. The van der Waals surface area contributed by atoms with Crippen molar-refractivity contribution in [3.8, 4) is 0 Å². The summed E-state index contributed by atoms with van der Waals surface area (Å²) in [6, 6.07) is 0. The van der Waals surface area contributed by atoms with E-state index in [-0.39, 0.29) is 30.0 Å². The van der Waals surface area contributed by atoms with Crippen molar-refractivity contribution in [3.05, 3.63) is 0 Å². The minimum atomic E-state index is -0.974. The maximum absolute atomic E-state index is 11.5. The molecule has 0 aromatic heterocycles. The molecule has 0 saturated carbocycles. The molecule has 104 valence electrons. The largest absolute Gasteiger partial charge is 0.481 e. The van der Waals surface area contributed by atoms with Crippen LogP contribution >= 0.6 is 0 Å². The molecule has 18 heavy (non-hydrogen) atoms. The monoisotopic (exact) mass is 257 g/mol. The van der Waals surface area contributed by atoms with Gasteiger partial charge in [0.05, 0.1) is 12.8 Å². The molecule has 1 saturated heterocycles. The summed E-state index contributed by atoms with van der Waals surface area (Å²) < 4.78 is 5.37. The minimum Gasteiger partial charge on any atom is -0.481 e. The van der Waals surface area contributed by atoms with Gasteiger partial charge in [0.2, 0.25) is 0 Å². The average molecular weight is 257 g/mol. The highest BCUT2D eigenvalue weighted by Crippen LogP contribution is 2.30. The van der Waals surface area contributed by atoms with Crippen molar-refractivity contribution < 1.29 is 19.4 Å². The van der Waals surface area contributed by atoms with E-state index in [1.165, 1.54) is 0 Å². The molecule has 0 amide bonds. The summed E-state index contributed by atoms with van der Waals surface area (Å²) in [6.45, 7) is 8.30. The molecule has 0 aromatic carbocycles. The van der Waals surface area contributed by atoms with E-state index in [4.69, 9.17) is 9.84 Å². The van der Waals surface area contributed by atoms with Crippen molar-refractivity contribution in [2.75, 3.05) is 0 Å². The zero-order valence-corrected chi connectivity index (χ0v) is 11.6. The predicted octanol–water partition coefficient (Wildman–Crippen LogP) is 1.70. The van der Waals surface area contributed by atoms with Gasteiger partial charge in [-0.3, -0.25) is 9.59 Å². The second kappa shape index (κ2) is 5.26. The summed E-state index contributed by atoms with van der Waals surface area (Å²) >= 11 is 0. The Morgan fingerprint density at radius 2 is 1.67 bits per heavy atom. The first-order valence-corrected chi connectivity index (χ1v) is 6.30. The number of aliphatic carboxylic acids is 1. The van der Waals surface area contributed by atoms with E-state index in [9.17, 15) is 9.59 Å². The van der Waals surface area contributed by atoms with Crippen LogP contribution in [0, 0.1) is 0 Å². The van der Waals surface area contributed by atoms with E-state index in [0.29, 0.717) is 0 Å². The Bertz CT molecular complexity index is 320. The van der Waals surface area contributed by atoms with Crippen molar-refractivity contribution in [1.82, 2.24) is 5.32 Å². The van der Waals surface area contributed by atoms with Gasteiger partial charge in [-0.25, -0.2) is 0 Å². The number of rotatable bonds is 4. The van der Waals surface area contributed by atoms with E-state index >= 15 is 0 Å². The van der Waals surface area contributed by atoms with Crippen LogP contribution in [0.3, 0.4) is 0 Å². The van der Waals surface area contributed by atoms with Gasteiger partial charge in [-0.1, -0.05) is 0 Å². The van der Waals surface area contributed by atoms with Crippen LogP contribution in [0.1, 0.15) is 53.4 Å².